The number of nitrogens with one attached hydrogen (secondary N) is 1. The van der Waals surface area contributed by atoms with Crippen molar-refractivity contribution in [1.29, 1.82) is 0 Å². The van der Waals surface area contributed by atoms with Gasteiger partial charge in [-0.15, -0.1) is 0 Å². The van der Waals surface area contributed by atoms with E-state index in [9.17, 15) is 9.90 Å². The zero-order valence-corrected chi connectivity index (χ0v) is 9.81. The van der Waals surface area contributed by atoms with Gasteiger partial charge in [0.05, 0.1) is 5.56 Å². The molecule has 0 bridgehead atoms. The maximum Gasteiger partial charge on any atom is 0.336 e. The lowest BCUT2D eigenvalue weighted by Crippen LogP contribution is -1.99. The van der Waals surface area contributed by atoms with Crippen molar-refractivity contribution in [2.75, 3.05) is 11.9 Å². The molecule has 0 spiro atoms. The summed E-state index contributed by atoms with van der Waals surface area (Å²) in [5.41, 5.74) is 4.47. The molecule has 0 aromatic heterocycles. The van der Waals surface area contributed by atoms with Crippen molar-refractivity contribution in [1.82, 2.24) is 0 Å². The number of rotatable bonds is 2. The van der Waals surface area contributed by atoms with Crippen LogP contribution in [0.5, 0.6) is 0 Å². The Bertz CT molecular complexity index is 620. The van der Waals surface area contributed by atoms with Gasteiger partial charge in [-0.1, -0.05) is 30.3 Å². The fourth-order valence-electron chi connectivity index (χ4n) is 2.38. The van der Waals surface area contributed by atoms with E-state index in [4.69, 9.17) is 0 Å². The first kappa shape index (κ1) is 10.8. The topological polar surface area (TPSA) is 49.3 Å². The van der Waals surface area contributed by atoms with Crippen LogP contribution in [0.3, 0.4) is 0 Å². The Morgan fingerprint density at radius 2 is 2.00 bits per heavy atom. The van der Waals surface area contributed by atoms with Gasteiger partial charge in [0.2, 0.25) is 0 Å². The second kappa shape index (κ2) is 4.18. The minimum Gasteiger partial charge on any atom is -0.478 e. The summed E-state index contributed by atoms with van der Waals surface area (Å²) < 4.78 is 0. The maximum absolute atomic E-state index is 11.2. The third-order valence-corrected chi connectivity index (χ3v) is 3.29. The van der Waals surface area contributed by atoms with Crippen LogP contribution < -0.4 is 5.32 Å². The SMILES string of the molecule is O=C(O)c1ccccc1-c1ccc2c(c1)NCC2. The third kappa shape index (κ3) is 1.74. The van der Waals surface area contributed by atoms with E-state index in [2.05, 4.69) is 11.4 Å². The summed E-state index contributed by atoms with van der Waals surface area (Å²) in [4.78, 5) is 11.2. The van der Waals surface area contributed by atoms with E-state index in [0.717, 1.165) is 29.8 Å². The van der Waals surface area contributed by atoms with Crippen molar-refractivity contribution in [2.24, 2.45) is 0 Å². The first-order chi connectivity index (χ1) is 8.75. The van der Waals surface area contributed by atoms with Crippen molar-refractivity contribution in [3.63, 3.8) is 0 Å². The zero-order valence-electron chi connectivity index (χ0n) is 9.81. The molecule has 3 rings (SSSR count). The van der Waals surface area contributed by atoms with Crippen molar-refractivity contribution in [2.45, 2.75) is 6.42 Å². The van der Waals surface area contributed by atoms with Crippen LogP contribution in [-0.4, -0.2) is 17.6 Å². The predicted molar refractivity (Wildman–Crippen MR) is 71.0 cm³/mol. The van der Waals surface area contributed by atoms with Crippen molar-refractivity contribution in [3.8, 4) is 11.1 Å². The number of carboxylic acids is 1. The number of carbonyl (C=O) groups is 1. The molecule has 3 heteroatoms. The smallest absolute Gasteiger partial charge is 0.336 e. The van der Waals surface area contributed by atoms with Crippen LogP contribution in [0.4, 0.5) is 5.69 Å². The Labute approximate surface area is 105 Å². The number of carboxylic acid groups (broad SMARTS) is 1. The van der Waals surface area contributed by atoms with Crippen LogP contribution in [0.25, 0.3) is 11.1 Å². The second-order valence-corrected chi connectivity index (χ2v) is 4.40. The molecule has 0 fully saturated rings. The number of fused-ring (bicyclic) bond motifs is 1. The van der Waals surface area contributed by atoms with Crippen LogP contribution in [0.1, 0.15) is 15.9 Å². The average molecular weight is 239 g/mol. The minimum absolute atomic E-state index is 0.343. The van der Waals surface area contributed by atoms with Gasteiger partial charge >= 0.3 is 5.97 Å². The van der Waals surface area contributed by atoms with Crippen molar-refractivity contribution in [3.05, 3.63) is 53.6 Å². The summed E-state index contributed by atoms with van der Waals surface area (Å²) in [5.74, 6) is -0.890. The zero-order chi connectivity index (χ0) is 12.5. The molecule has 0 atom stereocenters. The number of anilines is 1. The predicted octanol–water partition coefficient (Wildman–Crippen LogP) is 3.02. The van der Waals surface area contributed by atoms with Gasteiger partial charge in [-0.25, -0.2) is 4.79 Å². The van der Waals surface area contributed by atoms with Crippen LogP contribution in [0, 0.1) is 0 Å². The Morgan fingerprint density at radius 3 is 2.83 bits per heavy atom. The van der Waals surface area contributed by atoms with E-state index in [1.54, 1.807) is 12.1 Å². The fourth-order valence-corrected chi connectivity index (χ4v) is 2.38. The van der Waals surface area contributed by atoms with Gasteiger partial charge in [-0.2, -0.15) is 0 Å². The Morgan fingerprint density at radius 1 is 1.17 bits per heavy atom. The van der Waals surface area contributed by atoms with Gasteiger partial charge in [0.1, 0.15) is 0 Å². The molecule has 0 amide bonds. The lowest BCUT2D eigenvalue weighted by Gasteiger charge is -2.08. The highest BCUT2D eigenvalue weighted by atomic mass is 16.4. The van der Waals surface area contributed by atoms with E-state index < -0.39 is 5.97 Å². The number of hydrogen-bond donors (Lipinski definition) is 2. The molecule has 0 saturated carbocycles. The van der Waals surface area contributed by atoms with Crippen LogP contribution in [-0.2, 0) is 6.42 Å². The molecule has 18 heavy (non-hydrogen) atoms. The van der Waals surface area contributed by atoms with E-state index in [1.807, 2.05) is 24.3 Å². The monoisotopic (exact) mass is 239 g/mol. The lowest BCUT2D eigenvalue weighted by atomic mass is 9.98. The van der Waals surface area contributed by atoms with E-state index in [1.165, 1.54) is 5.56 Å². The van der Waals surface area contributed by atoms with Gasteiger partial charge in [-0.05, 0) is 35.2 Å². The first-order valence-electron chi connectivity index (χ1n) is 5.95. The molecule has 0 saturated heterocycles. The van der Waals surface area contributed by atoms with Gasteiger partial charge in [-0.3, -0.25) is 0 Å². The highest BCUT2D eigenvalue weighted by Gasteiger charge is 2.14. The molecule has 0 radical (unpaired) electrons. The molecule has 3 nitrogen and oxygen atoms in total. The second-order valence-electron chi connectivity index (χ2n) is 4.40. The molecule has 1 heterocycles. The molecule has 90 valence electrons. The quantitative estimate of drug-likeness (QED) is 0.846. The molecule has 0 unspecified atom stereocenters. The summed E-state index contributed by atoms with van der Waals surface area (Å²) in [6.45, 7) is 0.958. The van der Waals surface area contributed by atoms with Gasteiger partial charge in [0, 0.05) is 12.2 Å². The Kier molecular flexibility index (Phi) is 2.52. The summed E-state index contributed by atoms with van der Waals surface area (Å²) in [7, 11) is 0. The molecular weight excluding hydrogens is 226 g/mol. The van der Waals surface area contributed by atoms with E-state index in [-0.39, 0.29) is 0 Å². The van der Waals surface area contributed by atoms with Gasteiger partial charge in [0.15, 0.2) is 0 Å². The van der Waals surface area contributed by atoms with Gasteiger partial charge in [0.25, 0.3) is 0 Å². The highest BCUT2D eigenvalue weighted by Crippen LogP contribution is 2.30. The lowest BCUT2D eigenvalue weighted by molar-refractivity contribution is 0.0697. The van der Waals surface area contributed by atoms with Crippen LogP contribution >= 0.6 is 0 Å². The summed E-state index contributed by atoms with van der Waals surface area (Å²) >= 11 is 0. The van der Waals surface area contributed by atoms with Crippen molar-refractivity contribution >= 4 is 11.7 Å². The molecule has 2 aromatic rings. The first-order valence-corrected chi connectivity index (χ1v) is 5.95. The van der Waals surface area contributed by atoms with Crippen LogP contribution in [0.2, 0.25) is 0 Å². The standard InChI is InChI=1S/C15H13NO2/c17-15(18)13-4-2-1-3-12(13)11-6-5-10-7-8-16-14(10)9-11/h1-6,9,16H,7-8H2,(H,17,18). The van der Waals surface area contributed by atoms with E-state index >= 15 is 0 Å². The molecule has 2 N–H and O–H groups in total. The van der Waals surface area contributed by atoms with Gasteiger partial charge < -0.3 is 10.4 Å². The number of aromatic carboxylic acids is 1. The normalized spacial score (nSPS) is 12.9. The molecule has 1 aliphatic rings. The summed E-state index contributed by atoms with van der Waals surface area (Å²) in [6, 6.07) is 13.2. The summed E-state index contributed by atoms with van der Waals surface area (Å²) in [5, 5.41) is 12.5. The third-order valence-electron chi connectivity index (χ3n) is 3.29. The van der Waals surface area contributed by atoms with Crippen molar-refractivity contribution < 1.29 is 9.90 Å². The maximum atomic E-state index is 11.2. The van der Waals surface area contributed by atoms with E-state index in [0.29, 0.717) is 5.56 Å². The average Bonchev–Trinajstić information content (AvgIpc) is 2.85. The molecular formula is C15H13NO2. The molecule has 0 aliphatic carbocycles. The molecule has 2 aromatic carbocycles. The number of benzene rings is 2. The largest absolute Gasteiger partial charge is 0.478 e. The summed E-state index contributed by atoms with van der Waals surface area (Å²) in [6.07, 6.45) is 1.04. The minimum atomic E-state index is -0.890. The Hall–Kier alpha value is -2.29. The van der Waals surface area contributed by atoms with Crippen LogP contribution in [0.15, 0.2) is 42.5 Å². The number of hydrogen-bond acceptors (Lipinski definition) is 2. The fraction of sp³-hybridized carbons (Fsp3) is 0.133. The highest BCUT2D eigenvalue weighted by molar-refractivity contribution is 5.96. The Balaban J connectivity index is 2.13. The molecule has 1 aliphatic heterocycles.